The Kier molecular flexibility index (Phi) is 4.63. The Labute approximate surface area is 161 Å². The lowest BCUT2D eigenvalue weighted by Crippen LogP contribution is -2.15. The number of nitrogen functional groups attached to an aromatic ring is 1. The standard InChI is InChI=1S/C21H19N5O2/c1-28-17-4-2-3-14(9-17)10-21(27)25-20-12-24-19-11-23-18(13-26(19)20)15-5-7-16(22)8-6-15/h2-9,11-13H,10,22H2,1H3,(H,25,27). The number of carbonyl (C=O) groups is 1. The minimum Gasteiger partial charge on any atom is -0.497 e. The highest BCUT2D eigenvalue weighted by Crippen LogP contribution is 2.21. The van der Waals surface area contributed by atoms with E-state index in [9.17, 15) is 4.79 Å². The Morgan fingerprint density at radius 1 is 1.14 bits per heavy atom. The molecular formula is C21H19N5O2. The first kappa shape index (κ1) is 17.5. The van der Waals surface area contributed by atoms with Crippen LogP contribution < -0.4 is 15.8 Å². The smallest absolute Gasteiger partial charge is 0.229 e. The number of aromatic nitrogens is 3. The molecule has 7 heteroatoms. The van der Waals surface area contributed by atoms with Crippen molar-refractivity contribution in [2.45, 2.75) is 6.42 Å². The van der Waals surface area contributed by atoms with Crippen LogP contribution in [0, 0.1) is 0 Å². The molecule has 1 amide bonds. The summed E-state index contributed by atoms with van der Waals surface area (Å²) in [6.45, 7) is 0. The Morgan fingerprint density at radius 3 is 2.75 bits per heavy atom. The third kappa shape index (κ3) is 3.64. The number of nitrogens with two attached hydrogens (primary N) is 1. The fourth-order valence-electron chi connectivity index (χ4n) is 2.94. The zero-order valence-electron chi connectivity index (χ0n) is 15.3. The number of nitrogens with one attached hydrogen (secondary N) is 1. The Balaban J connectivity index is 1.57. The van der Waals surface area contributed by atoms with Crippen molar-refractivity contribution in [1.82, 2.24) is 14.4 Å². The molecule has 0 aliphatic carbocycles. The van der Waals surface area contributed by atoms with E-state index in [1.807, 2.05) is 59.1 Å². The molecule has 2 aromatic carbocycles. The van der Waals surface area contributed by atoms with Gasteiger partial charge in [0.05, 0.1) is 31.6 Å². The maximum absolute atomic E-state index is 12.5. The van der Waals surface area contributed by atoms with Gasteiger partial charge >= 0.3 is 0 Å². The lowest BCUT2D eigenvalue weighted by molar-refractivity contribution is -0.115. The van der Waals surface area contributed by atoms with Crippen molar-refractivity contribution in [3.8, 4) is 17.0 Å². The van der Waals surface area contributed by atoms with E-state index < -0.39 is 0 Å². The van der Waals surface area contributed by atoms with Gasteiger partial charge in [-0.1, -0.05) is 24.3 Å². The predicted octanol–water partition coefficient (Wildman–Crippen LogP) is 3.17. The van der Waals surface area contributed by atoms with Gasteiger partial charge in [0.1, 0.15) is 11.6 Å². The summed E-state index contributed by atoms with van der Waals surface area (Å²) in [6.07, 6.45) is 5.37. The third-order valence-corrected chi connectivity index (χ3v) is 4.37. The molecule has 0 bridgehead atoms. The molecule has 0 atom stereocenters. The lowest BCUT2D eigenvalue weighted by atomic mass is 10.1. The zero-order chi connectivity index (χ0) is 19.5. The van der Waals surface area contributed by atoms with Crippen LogP contribution in [-0.4, -0.2) is 27.4 Å². The highest BCUT2D eigenvalue weighted by Gasteiger charge is 2.11. The van der Waals surface area contributed by atoms with Crippen LogP contribution >= 0.6 is 0 Å². The van der Waals surface area contributed by atoms with Crippen molar-refractivity contribution >= 4 is 23.1 Å². The van der Waals surface area contributed by atoms with Gasteiger partial charge in [-0.15, -0.1) is 0 Å². The monoisotopic (exact) mass is 373 g/mol. The van der Waals surface area contributed by atoms with E-state index in [0.717, 1.165) is 22.6 Å². The third-order valence-electron chi connectivity index (χ3n) is 4.37. The highest BCUT2D eigenvalue weighted by molar-refractivity contribution is 5.92. The molecule has 0 aliphatic heterocycles. The van der Waals surface area contributed by atoms with E-state index in [0.29, 0.717) is 17.2 Å². The largest absolute Gasteiger partial charge is 0.497 e. The van der Waals surface area contributed by atoms with E-state index >= 15 is 0 Å². The van der Waals surface area contributed by atoms with Gasteiger partial charge in [-0.2, -0.15) is 0 Å². The fraction of sp³-hybridized carbons (Fsp3) is 0.0952. The Hall–Kier alpha value is -3.87. The van der Waals surface area contributed by atoms with E-state index in [4.69, 9.17) is 10.5 Å². The summed E-state index contributed by atoms with van der Waals surface area (Å²) in [7, 11) is 1.60. The van der Waals surface area contributed by atoms with Crippen molar-refractivity contribution in [2.75, 3.05) is 18.2 Å². The normalized spacial score (nSPS) is 10.8. The molecule has 0 radical (unpaired) electrons. The van der Waals surface area contributed by atoms with Crippen LogP contribution in [0.4, 0.5) is 11.5 Å². The van der Waals surface area contributed by atoms with Crippen molar-refractivity contribution < 1.29 is 9.53 Å². The Morgan fingerprint density at radius 2 is 1.96 bits per heavy atom. The number of hydrogen-bond acceptors (Lipinski definition) is 5. The van der Waals surface area contributed by atoms with Crippen molar-refractivity contribution in [3.05, 3.63) is 72.7 Å². The second-order valence-electron chi connectivity index (χ2n) is 6.34. The van der Waals surface area contributed by atoms with Crippen LogP contribution in [0.1, 0.15) is 5.56 Å². The number of benzene rings is 2. The summed E-state index contributed by atoms with van der Waals surface area (Å²) >= 11 is 0. The molecule has 0 aliphatic rings. The predicted molar refractivity (Wildman–Crippen MR) is 108 cm³/mol. The molecule has 4 aromatic rings. The van der Waals surface area contributed by atoms with E-state index in [1.54, 1.807) is 19.5 Å². The number of methoxy groups -OCH3 is 1. The van der Waals surface area contributed by atoms with Gasteiger partial charge in [0.15, 0.2) is 5.65 Å². The number of rotatable bonds is 5. The molecule has 2 heterocycles. The van der Waals surface area contributed by atoms with Gasteiger partial charge in [0.2, 0.25) is 5.91 Å². The number of ether oxygens (including phenoxy) is 1. The van der Waals surface area contributed by atoms with Crippen molar-refractivity contribution in [2.24, 2.45) is 0 Å². The van der Waals surface area contributed by atoms with Crippen LogP contribution in [0.25, 0.3) is 16.9 Å². The van der Waals surface area contributed by atoms with Crippen LogP contribution in [0.2, 0.25) is 0 Å². The SMILES string of the molecule is COc1cccc(CC(=O)Nc2cnc3cnc(-c4ccc(N)cc4)cn23)c1. The second kappa shape index (κ2) is 7.40. The van der Waals surface area contributed by atoms with Gasteiger partial charge in [0, 0.05) is 17.4 Å². The number of carbonyl (C=O) groups excluding carboxylic acids is 1. The Bertz CT molecular complexity index is 1140. The van der Waals surface area contributed by atoms with Crippen molar-refractivity contribution in [1.29, 1.82) is 0 Å². The van der Waals surface area contributed by atoms with Crippen molar-refractivity contribution in [3.63, 3.8) is 0 Å². The number of amides is 1. The van der Waals surface area contributed by atoms with Gasteiger partial charge in [-0.25, -0.2) is 4.98 Å². The molecular weight excluding hydrogens is 354 g/mol. The van der Waals surface area contributed by atoms with Crippen LogP contribution in [0.3, 0.4) is 0 Å². The first-order chi connectivity index (χ1) is 13.6. The average Bonchev–Trinajstić information content (AvgIpc) is 3.10. The summed E-state index contributed by atoms with van der Waals surface area (Å²) < 4.78 is 7.01. The van der Waals surface area contributed by atoms with E-state index in [2.05, 4.69) is 15.3 Å². The molecule has 7 nitrogen and oxygen atoms in total. The van der Waals surface area contributed by atoms with Gasteiger partial charge in [-0.05, 0) is 29.8 Å². The number of fused-ring (bicyclic) bond motifs is 1. The number of anilines is 2. The molecule has 140 valence electrons. The van der Waals surface area contributed by atoms with Crippen LogP contribution in [-0.2, 0) is 11.2 Å². The molecule has 0 fully saturated rings. The molecule has 2 aromatic heterocycles. The topological polar surface area (TPSA) is 94.5 Å². The molecule has 4 rings (SSSR count). The zero-order valence-corrected chi connectivity index (χ0v) is 15.3. The summed E-state index contributed by atoms with van der Waals surface area (Å²) in [5.74, 6) is 1.17. The minimum atomic E-state index is -0.138. The first-order valence-corrected chi connectivity index (χ1v) is 8.74. The van der Waals surface area contributed by atoms with Crippen LogP contribution in [0.15, 0.2) is 67.1 Å². The summed E-state index contributed by atoms with van der Waals surface area (Å²) in [5, 5.41) is 2.91. The summed E-state index contributed by atoms with van der Waals surface area (Å²) in [6, 6.07) is 14.9. The van der Waals surface area contributed by atoms with Gasteiger partial charge < -0.3 is 15.8 Å². The van der Waals surface area contributed by atoms with E-state index in [1.165, 1.54) is 0 Å². The molecule has 3 N–H and O–H groups in total. The summed E-state index contributed by atoms with van der Waals surface area (Å²) in [4.78, 5) is 21.2. The number of imidazole rings is 1. The van der Waals surface area contributed by atoms with Gasteiger partial charge in [-0.3, -0.25) is 14.2 Å². The molecule has 0 saturated heterocycles. The number of nitrogens with zero attached hydrogens (tertiary/aromatic N) is 3. The minimum absolute atomic E-state index is 0.138. The quantitative estimate of drug-likeness (QED) is 0.524. The molecule has 28 heavy (non-hydrogen) atoms. The fourth-order valence-corrected chi connectivity index (χ4v) is 2.94. The lowest BCUT2D eigenvalue weighted by Gasteiger charge is -2.08. The molecule has 0 spiro atoms. The van der Waals surface area contributed by atoms with Gasteiger partial charge in [0.25, 0.3) is 0 Å². The highest BCUT2D eigenvalue weighted by atomic mass is 16.5. The van der Waals surface area contributed by atoms with Crippen LogP contribution in [0.5, 0.6) is 5.75 Å². The maximum atomic E-state index is 12.5. The number of hydrogen-bond donors (Lipinski definition) is 2. The second-order valence-corrected chi connectivity index (χ2v) is 6.34. The summed E-state index contributed by atoms with van der Waals surface area (Å²) in [5.41, 5.74) is 9.65. The first-order valence-electron chi connectivity index (χ1n) is 8.74. The molecule has 0 unspecified atom stereocenters. The van der Waals surface area contributed by atoms with E-state index in [-0.39, 0.29) is 12.3 Å². The molecule has 0 saturated carbocycles. The average molecular weight is 373 g/mol. The maximum Gasteiger partial charge on any atom is 0.229 e.